The number of anilines is 1. The maximum Gasteiger partial charge on any atom is 0.297 e. The highest BCUT2D eigenvalue weighted by molar-refractivity contribution is 7.15. The summed E-state index contributed by atoms with van der Waals surface area (Å²) in [6.07, 6.45) is 3.05. The van der Waals surface area contributed by atoms with Crippen molar-refractivity contribution in [3.8, 4) is 11.5 Å². The van der Waals surface area contributed by atoms with Crippen molar-refractivity contribution in [2.45, 2.75) is 39.2 Å². The van der Waals surface area contributed by atoms with Gasteiger partial charge in [-0.3, -0.25) is 14.5 Å². The fourth-order valence-electron chi connectivity index (χ4n) is 4.35. The van der Waals surface area contributed by atoms with E-state index < -0.39 is 23.2 Å². The van der Waals surface area contributed by atoms with Crippen molar-refractivity contribution in [2.24, 2.45) is 0 Å². The summed E-state index contributed by atoms with van der Waals surface area (Å²) in [5, 5.41) is 9.24. The van der Waals surface area contributed by atoms with Crippen LogP contribution in [0.5, 0.6) is 11.5 Å². The molecule has 5 rings (SSSR count). The summed E-state index contributed by atoms with van der Waals surface area (Å²) in [5.41, 5.74) is 0.364. The van der Waals surface area contributed by atoms with Crippen LogP contribution >= 0.6 is 11.3 Å². The van der Waals surface area contributed by atoms with Gasteiger partial charge in [0.05, 0.1) is 30.7 Å². The van der Waals surface area contributed by atoms with Crippen LogP contribution in [0.2, 0.25) is 0 Å². The van der Waals surface area contributed by atoms with E-state index in [4.69, 9.17) is 13.9 Å². The summed E-state index contributed by atoms with van der Waals surface area (Å²) < 4.78 is 31.3. The molecule has 1 aliphatic rings. The van der Waals surface area contributed by atoms with Crippen molar-refractivity contribution in [2.75, 3.05) is 18.6 Å². The lowest BCUT2D eigenvalue weighted by Gasteiger charge is -2.23. The van der Waals surface area contributed by atoms with Gasteiger partial charge in [-0.15, -0.1) is 10.2 Å². The number of aromatic nitrogens is 2. The standard InChI is InChI=1S/C26H24FN3O5S/c1-4-5-6-11-34-19-9-7-15(12-20(19)33-3)22-21-23(31)17-13-16(27)8-10-18(17)35-24(21)25(32)30(22)26-29-28-14(2)36-26/h7-10,12-13,22H,4-6,11H2,1-3H3. The number of carbonyl (C=O) groups excluding carboxylic acids is 1. The molecule has 8 nitrogen and oxygen atoms in total. The molecule has 0 aliphatic carbocycles. The van der Waals surface area contributed by atoms with E-state index in [2.05, 4.69) is 17.1 Å². The van der Waals surface area contributed by atoms with Crippen LogP contribution < -0.4 is 19.8 Å². The maximum atomic E-state index is 14.0. The minimum Gasteiger partial charge on any atom is -0.493 e. The normalized spacial score (nSPS) is 14.9. The first-order valence-corrected chi connectivity index (χ1v) is 12.4. The van der Waals surface area contributed by atoms with Crippen LogP contribution in [0.15, 0.2) is 45.6 Å². The summed E-state index contributed by atoms with van der Waals surface area (Å²) in [5.74, 6) is -0.162. The van der Waals surface area contributed by atoms with Gasteiger partial charge < -0.3 is 13.9 Å². The third-order valence-corrected chi connectivity index (χ3v) is 6.90. The molecule has 10 heteroatoms. The highest BCUT2D eigenvalue weighted by atomic mass is 32.1. The molecular formula is C26H24FN3O5S. The highest BCUT2D eigenvalue weighted by Crippen LogP contribution is 2.44. The number of fused-ring (bicyclic) bond motifs is 2. The van der Waals surface area contributed by atoms with E-state index >= 15 is 0 Å². The number of rotatable bonds is 8. The first-order valence-electron chi connectivity index (χ1n) is 11.6. The van der Waals surface area contributed by atoms with Crippen LogP contribution in [0.4, 0.5) is 9.52 Å². The smallest absolute Gasteiger partial charge is 0.297 e. The van der Waals surface area contributed by atoms with Gasteiger partial charge in [0, 0.05) is 0 Å². The Hall–Kier alpha value is -3.79. The molecule has 0 saturated heterocycles. The maximum absolute atomic E-state index is 14.0. The van der Waals surface area contributed by atoms with Crippen LogP contribution in [0.3, 0.4) is 0 Å². The molecule has 3 heterocycles. The molecule has 1 aliphatic heterocycles. The van der Waals surface area contributed by atoms with Crippen LogP contribution in [-0.2, 0) is 0 Å². The van der Waals surface area contributed by atoms with Crippen LogP contribution in [0.25, 0.3) is 11.0 Å². The third-order valence-electron chi connectivity index (χ3n) is 6.06. The molecule has 0 fully saturated rings. The molecule has 1 unspecified atom stereocenters. The molecule has 186 valence electrons. The quantitative estimate of drug-likeness (QED) is 0.293. The van der Waals surface area contributed by atoms with Crippen molar-refractivity contribution in [3.05, 3.63) is 74.3 Å². The molecule has 0 N–H and O–H groups in total. The minimum atomic E-state index is -0.869. The zero-order chi connectivity index (χ0) is 25.4. The number of methoxy groups -OCH3 is 1. The van der Waals surface area contributed by atoms with Gasteiger partial charge in [-0.25, -0.2) is 4.39 Å². The Morgan fingerprint density at radius 3 is 2.67 bits per heavy atom. The average Bonchev–Trinajstić information content (AvgIpc) is 3.43. The third kappa shape index (κ3) is 4.11. The molecule has 2 aromatic carbocycles. The molecule has 4 aromatic rings. The lowest BCUT2D eigenvalue weighted by atomic mass is 9.98. The molecular weight excluding hydrogens is 485 g/mol. The number of amides is 1. The fourth-order valence-corrected chi connectivity index (χ4v) is 5.06. The molecule has 0 saturated carbocycles. The van der Waals surface area contributed by atoms with Gasteiger partial charge in [0.15, 0.2) is 16.9 Å². The average molecular weight is 510 g/mol. The Labute approximate surface area is 210 Å². The summed E-state index contributed by atoms with van der Waals surface area (Å²) >= 11 is 1.22. The van der Waals surface area contributed by atoms with Crippen LogP contribution in [0.1, 0.15) is 58.9 Å². The summed E-state index contributed by atoms with van der Waals surface area (Å²) in [4.78, 5) is 28.6. The van der Waals surface area contributed by atoms with E-state index in [9.17, 15) is 14.0 Å². The second-order valence-corrected chi connectivity index (χ2v) is 9.62. The van der Waals surface area contributed by atoms with Gasteiger partial charge in [0.1, 0.15) is 16.4 Å². The van der Waals surface area contributed by atoms with Gasteiger partial charge >= 0.3 is 0 Å². The Morgan fingerprint density at radius 2 is 1.94 bits per heavy atom. The van der Waals surface area contributed by atoms with E-state index in [0.717, 1.165) is 25.3 Å². The molecule has 1 atom stereocenters. The summed E-state index contributed by atoms with van der Waals surface area (Å²) in [6, 6.07) is 8.05. The number of unbranched alkanes of at least 4 members (excludes halogenated alkanes) is 2. The van der Waals surface area contributed by atoms with Gasteiger partial charge in [0.25, 0.3) is 5.91 Å². The van der Waals surface area contributed by atoms with Gasteiger partial charge in [0.2, 0.25) is 10.9 Å². The van der Waals surface area contributed by atoms with Gasteiger partial charge in [-0.1, -0.05) is 37.2 Å². The molecule has 1 amide bonds. The molecule has 0 radical (unpaired) electrons. The molecule has 2 aromatic heterocycles. The van der Waals surface area contributed by atoms with Crippen LogP contribution in [0, 0.1) is 12.7 Å². The van der Waals surface area contributed by atoms with E-state index in [1.54, 1.807) is 25.1 Å². The highest BCUT2D eigenvalue weighted by Gasteiger charge is 2.45. The fraction of sp³-hybridized carbons (Fsp3) is 0.308. The zero-order valence-electron chi connectivity index (χ0n) is 20.0. The Kier molecular flexibility index (Phi) is 6.44. The Bertz CT molecular complexity index is 1520. The van der Waals surface area contributed by atoms with Crippen molar-refractivity contribution in [3.63, 3.8) is 0 Å². The van der Waals surface area contributed by atoms with Crippen molar-refractivity contribution in [1.82, 2.24) is 10.2 Å². The molecule has 36 heavy (non-hydrogen) atoms. The number of hydrogen-bond donors (Lipinski definition) is 0. The number of halogens is 1. The molecule has 0 bridgehead atoms. The number of hydrogen-bond acceptors (Lipinski definition) is 8. The van der Waals surface area contributed by atoms with Crippen LogP contribution in [-0.4, -0.2) is 29.8 Å². The lowest BCUT2D eigenvalue weighted by molar-refractivity contribution is 0.0970. The van der Waals surface area contributed by atoms with E-state index in [-0.39, 0.29) is 22.3 Å². The molecule has 0 spiro atoms. The second kappa shape index (κ2) is 9.69. The number of benzene rings is 2. The van der Waals surface area contributed by atoms with E-state index in [0.29, 0.717) is 33.8 Å². The number of carbonyl (C=O) groups is 1. The number of ether oxygens (including phenoxy) is 2. The lowest BCUT2D eigenvalue weighted by Crippen LogP contribution is -2.29. The van der Waals surface area contributed by atoms with E-state index in [1.807, 2.05) is 0 Å². The van der Waals surface area contributed by atoms with Crippen molar-refractivity contribution >= 4 is 33.3 Å². The topological polar surface area (TPSA) is 94.8 Å². The second-order valence-electron chi connectivity index (χ2n) is 8.46. The first kappa shape index (κ1) is 23.9. The predicted octanol–water partition coefficient (Wildman–Crippen LogP) is 5.42. The summed E-state index contributed by atoms with van der Waals surface area (Å²) in [7, 11) is 1.53. The number of nitrogens with zero attached hydrogens (tertiary/aromatic N) is 3. The summed E-state index contributed by atoms with van der Waals surface area (Å²) in [6.45, 7) is 4.44. The van der Waals surface area contributed by atoms with Crippen molar-refractivity contribution in [1.29, 1.82) is 0 Å². The zero-order valence-corrected chi connectivity index (χ0v) is 20.9. The predicted molar refractivity (Wildman–Crippen MR) is 134 cm³/mol. The Balaban J connectivity index is 1.66. The van der Waals surface area contributed by atoms with E-state index in [1.165, 1.54) is 35.5 Å². The largest absolute Gasteiger partial charge is 0.493 e. The van der Waals surface area contributed by atoms with Gasteiger partial charge in [-0.2, -0.15) is 0 Å². The van der Waals surface area contributed by atoms with Crippen molar-refractivity contribution < 1.29 is 23.1 Å². The monoisotopic (exact) mass is 509 g/mol. The minimum absolute atomic E-state index is 0.0599. The Morgan fingerprint density at radius 1 is 1.11 bits per heavy atom. The first-order chi connectivity index (χ1) is 17.4. The van der Waals surface area contributed by atoms with Gasteiger partial charge in [-0.05, 0) is 49.2 Å². The SMILES string of the molecule is CCCCCOc1ccc(C2c3c(oc4ccc(F)cc4c3=O)C(=O)N2c2nnc(C)s2)cc1OC. The number of aryl methyl sites for hydroxylation is 1.